The van der Waals surface area contributed by atoms with E-state index in [0.29, 0.717) is 38.5 Å². The van der Waals surface area contributed by atoms with Crippen LogP contribution in [0.4, 0.5) is 11.4 Å². The number of halogens is 2. The van der Waals surface area contributed by atoms with E-state index in [-0.39, 0.29) is 12.5 Å². The number of carbonyl (C=O) groups is 2. The molecule has 1 spiro atoms. The molecule has 0 atom stereocenters. The Kier molecular flexibility index (Phi) is 5.35. The quantitative estimate of drug-likeness (QED) is 0.232. The summed E-state index contributed by atoms with van der Waals surface area (Å²) in [5.41, 5.74) is 4.56. The summed E-state index contributed by atoms with van der Waals surface area (Å²) >= 11 is 12.9. The molecule has 2 saturated carbocycles. The molecular weight excluding hydrogens is 525 g/mol. The topological polar surface area (TPSA) is 85.5 Å². The van der Waals surface area contributed by atoms with E-state index in [4.69, 9.17) is 32.5 Å². The Bertz CT molecular complexity index is 1590. The van der Waals surface area contributed by atoms with Crippen molar-refractivity contribution in [3.8, 4) is 17.0 Å². The lowest BCUT2D eigenvalue weighted by Crippen LogP contribution is -2.27. The fourth-order valence-corrected chi connectivity index (χ4v) is 5.85. The lowest BCUT2D eigenvalue weighted by Gasteiger charge is -2.18. The second kappa shape index (κ2) is 8.68. The van der Waals surface area contributed by atoms with Gasteiger partial charge in [-0.05, 0) is 73.7 Å². The Morgan fingerprint density at radius 2 is 1.82 bits per heavy atom. The Morgan fingerprint density at radius 1 is 1.08 bits per heavy atom. The minimum Gasteiger partial charge on any atom is -0.489 e. The Labute approximate surface area is 228 Å². The van der Waals surface area contributed by atoms with Crippen molar-refractivity contribution in [2.45, 2.75) is 43.6 Å². The molecule has 9 heteroatoms. The summed E-state index contributed by atoms with van der Waals surface area (Å²) in [6, 6.07) is 12.8. The van der Waals surface area contributed by atoms with Crippen molar-refractivity contribution >= 4 is 46.8 Å². The van der Waals surface area contributed by atoms with E-state index in [0.717, 1.165) is 60.2 Å². The fourth-order valence-electron chi connectivity index (χ4n) is 5.31. The van der Waals surface area contributed by atoms with Crippen molar-refractivity contribution < 1.29 is 18.8 Å². The Balaban J connectivity index is 1.21. The van der Waals surface area contributed by atoms with Gasteiger partial charge in [-0.3, -0.25) is 19.5 Å². The first kappa shape index (κ1) is 23.4. The molecule has 7 nitrogen and oxygen atoms in total. The van der Waals surface area contributed by atoms with Crippen LogP contribution < -0.4 is 9.64 Å². The SMILES string of the molecule is O=Cc1ccc(N2C(=O)C3(CC3)c3cc(OCc4c(-c5c(Cl)cncc5Cl)noc4C4CC4)ccc32)cc1. The second-order valence-corrected chi connectivity index (χ2v) is 10.8. The van der Waals surface area contributed by atoms with Crippen LogP contribution in [0.5, 0.6) is 5.75 Å². The standard InChI is InChI=1S/C29H21Cl2N3O4/c30-22-12-32-13-23(31)25(22)26-20(27(38-33-26)17-3-4-17)15-37-19-7-8-24-21(11-19)29(9-10-29)28(36)34(24)18-5-1-16(14-35)2-6-18/h1-2,5-8,11-14,17H,3-4,9-10,15H2. The van der Waals surface area contributed by atoms with Crippen LogP contribution in [0.15, 0.2) is 59.4 Å². The minimum absolute atomic E-state index is 0.0582. The monoisotopic (exact) mass is 545 g/mol. The van der Waals surface area contributed by atoms with Crippen molar-refractivity contribution in [1.82, 2.24) is 10.1 Å². The predicted molar refractivity (Wildman–Crippen MR) is 142 cm³/mol. The number of aromatic nitrogens is 2. The van der Waals surface area contributed by atoms with Crippen molar-refractivity contribution in [1.29, 1.82) is 0 Å². The van der Waals surface area contributed by atoms with Gasteiger partial charge in [0.05, 0.1) is 26.7 Å². The molecule has 0 N–H and O–H groups in total. The summed E-state index contributed by atoms with van der Waals surface area (Å²) in [4.78, 5) is 30.4. The smallest absolute Gasteiger partial charge is 0.242 e. The van der Waals surface area contributed by atoms with E-state index in [9.17, 15) is 9.59 Å². The maximum Gasteiger partial charge on any atom is 0.242 e. The Hall–Kier alpha value is -3.68. The number of hydrogen-bond acceptors (Lipinski definition) is 6. The van der Waals surface area contributed by atoms with Crippen molar-refractivity contribution in [3.63, 3.8) is 0 Å². The molecule has 0 bridgehead atoms. The highest BCUT2D eigenvalue weighted by Crippen LogP contribution is 2.59. The summed E-state index contributed by atoms with van der Waals surface area (Å²) in [5, 5.41) is 5.10. The van der Waals surface area contributed by atoms with Crippen LogP contribution >= 0.6 is 23.2 Å². The van der Waals surface area contributed by atoms with Gasteiger partial charge >= 0.3 is 0 Å². The van der Waals surface area contributed by atoms with E-state index in [1.807, 2.05) is 18.2 Å². The van der Waals surface area contributed by atoms with E-state index < -0.39 is 5.41 Å². The molecule has 38 heavy (non-hydrogen) atoms. The number of amides is 1. The second-order valence-electron chi connectivity index (χ2n) is 10.0. The van der Waals surface area contributed by atoms with E-state index in [1.54, 1.807) is 29.2 Å². The summed E-state index contributed by atoms with van der Waals surface area (Å²) in [5.74, 6) is 1.81. The molecule has 2 aliphatic carbocycles. The summed E-state index contributed by atoms with van der Waals surface area (Å²) in [6.07, 6.45) is 7.52. The van der Waals surface area contributed by atoms with E-state index in [1.165, 1.54) is 12.4 Å². The van der Waals surface area contributed by atoms with Gasteiger partial charge in [0.1, 0.15) is 30.1 Å². The van der Waals surface area contributed by atoms with Gasteiger partial charge in [-0.2, -0.15) is 0 Å². The normalized spacial score (nSPS) is 17.1. The number of nitrogens with zero attached hydrogens (tertiary/aromatic N) is 3. The maximum absolute atomic E-state index is 13.5. The van der Waals surface area contributed by atoms with Crippen LogP contribution in [0, 0.1) is 0 Å². The average molecular weight is 546 g/mol. The number of benzene rings is 2. The van der Waals surface area contributed by atoms with Gasteiger partial charge < -0.3 is 9.26 Å². The predicted octanol–water partition coefficient (Wildman–Crippen LogP) is 7.02. The molecule has 2 aromatic carbocycles. The summed E-state index contributed by atoms with van der Waals surface area (Å²) in [7, 11) is 0. The summed E-state index contributed by atoms with van der Waals surface area (Å²) in [6.45, 7) is 0.219. The molecule has 1 amide bonds. The van der Waals surface area contributed by atoms with E-state index in [2.05, 4.69) is 10.1 Å². The van der Waals surface area contributed by atoms with Crippen LogP contribution in [0.2, 0.25) is 10.0 Å². The number of hydrogen-bond donors (Lipinski definition) is 0. The number of fused-ring (bicyclic) bond motifs is 2. The van der Waals surface area contributed by atoms with E-state index >= 15 is 0 Å². The lowest BCUT2D eigenvalue weighted by molar-refractivity contribution is -0.119. The van der Waals surface area contributed by atoms with Gasteiger partial charge in [0.25, 0.3) is 0 Å². The average Bonchev–Trinajstić information content (AvgIpc) is 3.86. The van der Waals surface area contributed by atoms with Crippen molar-refractivity contribution in [2.75, 3.05) is 4.90 Å². The molecule has 0 radical (unpaired) electrons. The third-order valence-electron chi connectivity index (χ3n) is 7.61. The van der Waals surface area contributed by atoms with Crippen LogP contribution in [0.3, 0.4) is 0 Å². The summed E-state index contributed by atoms with van der Waals surface area (Å²) < 4.78 is 12.0. The van der Waals surface area contributed by atoms with Gasteiger partial charge in [-0.15, -0.1) is 0 Å². The van der Waals surface area contributed by atoms with Crippen LogP contribution in [-0.4, -0.2) is 22.3 Å². The van der Waals surface area contributed by atoms with Crippen LogP contribution in [0.1, 0.15) is 58.8 Å². The molecule has 4 aromatic rings. The van der Waals surface area contributed by atoms with Gasteiger partial charge in [0.2, 0.25) is 5.91 Å². The van der Waals surface area contributed by atoms with Crippen molar-refractivity contribution in [3.05, 3.63) is 87.4 Å². The number of aldehydes is 1. The first-order chi connectivity index (χ1) is 18.5. The highest BCUT2D eigenvalue weighted by molar-refractivity contribution is 6.38. The van der Waals surface area contributed by atoms with Crippen molar-refractivity contribution in [2.24, 2.45) is 0 Å². The number of ether oxygens (including phenoxy) is 1. The first-order valence-electron chi connectivity index (χ1n) is 12.4. The van der Waals surface area contributed by atoms with Gasteiger partial charge in [-0.25, -0.2) is 0 Å². The molecule has 7 rings (SSSR count). The lowest BCUT2D eigenvalue weighted by atomic mass is 9.98. The number of pyridine rings is 1. The third-order valence-corrected chi connectivity index (χ3v) is 8.19. The zero-order valence-corrected chi connectivity index (χ0v) is 21.6. The van der Waals surface area contributed by atoms with Crippen LogP contribution in [0.25, 0.3) is 11.3 Å². The van der Waals surface area contributed by atoms with Gasteiger partial charge in [0, 0.05) is 35.1 Å². The fraction of sp³-hybridized carbons (Fsp3) is 0.241. The minimum atomic E-state index is -0.516. The van der Waals surface area contributed by atoms with Gasteiger partial charge in [-0.1, -0.05) is 28.4 Å². The molecule has 0 unspecified atom stereocenters. The van der Waals surface area contributed by atoms with Crippen LogP contribution in [-0.2, 0) is 16.8 Å². The highest BCUT2D eigenvalue weighted by atomic mass is 35.5. The molecular formula is C29H21Cl2N3O4. The van der Waals surface area contributed by atoms with Gasteiger partial charge in [0.15, 0.2) is 0 Å². The maximum atomic E-state index is 13.5. The molecule has 3 heterocycles. The number of rotatable bonds is 7. The highest BCUT2D eigenvalue weighted by Gasteiger charge is 2.59. The molecule has 2 aromatic heterocycles. The molecule has 0 saturated heterocycles. The number of anilines is 2. The molecule has 190 valence electrons. The Morgan fingerprint density at radius 3 is 2.47 bits per heavy atom. The molecule has 1 aliphatic heterocycles. The molecule has 2 fully saturated rings. The first-order valence-corrected chi connectivity index (χ1v) is 13.2. The number of carbonyl (C=O) groups excluding carboxylic acids is 2. The third kappa shape index (κ3) is 3.64. The molecule has 3 aliphatic rings. The zero-order chi connectivity index (χ0) is 26.0. The zero-order valence-electron chi connectivity index (χ0n) is 20.1. The largest absolute Gasteiger partial charge is 0.489 e.